The van der Waals surface area contributed by atoms with Gasteiger partial charge in [0, 0.05) is 21.9 Å². The minimum absolute atomic E-state index is 0.00108. The number of ether oxygens (including phenoxy) is 1. The van der Waals surface area contributed by atoms with Gasteiger partial charge in [-0.05, 0) is 18.1 Å². The Morgan fingerprint density at radius 1 is 1.28 bits per heavy atom. The molecule has 0 aliphatic heterocycles. The largest absolute Gasteiger partial charge is 0.389 e. The van der Waals surface area contributed by atoms with Crippen molar-refractivity contribution in [2.75, 3.05) is 11.0 Å². The third kappa shape index (κ3) is 5.88. The second-order valence-corrected chi connectivity index (χ2v) is 5.49. The molecule has 0 amide bonds. The summed E-state index contributed by atoms with van der Waals surface area (Å²) >= 11 is 5.58. The van der Waals surface area contributed by atoms with Crippen LogP contribution in [0.5, 0.6) is 0 Å². The van der Waals surface area contributed by atoms with Crippen LogP contribution in [-0.4, -0.2) is 17.2 Å². The van der Waals surface area contributed by atoms with Crippen molar-refractivity contribution >= 4 is 38.5 Å². The van der Waals surface area contributed by atoms with E-state index in [1.807, 2.05) is 24.3 Å². The molecule has 0 bridgehead atoms. The first-order valence-electron chi connectivity index (χ1n) is 5.43. The number of hydrogen-bond acceptors (Lipinski definition) is 1. The highest BCUT2D eigenvalue weighted by Crippen LogP contribution is 2.28. The zero-order valence-corrected chi connectivity index (χ0v) is 13.3. The molecule has 0 spiro atoms. The van der Waals surface area contributed by atoms with Gasteiger partial charge in [0.05, 0.1) is 6.10 Å². The lowest BCUT2D eigenvalue weighted by Gasteiger charge is -2.17. The first kappa shape index (κ1) is 16.2. The third-order valence-electron chi connectivity index (χ3n) is 2.32. The molecular weight excluding hydrogens is 424 g/mol. The first-order valence-corrected chi connectivity index (χ1v) is 7.74. The number of benzene rings is 1. The molecule has 0 aliphatic carbocycles. The van der Waals surface area contributed by atoms with Gasteiger partial charge >= 0.3 is 6.18 Å². The fourth-order valence-electron chi connectivity index (χ4n) is 1.45. The van der Waals surface area contributed by atoms with Crippen LogP contribution in [0.3, 0.4) is 0 Å². The average Bonchev–Trinajstić information content (AvgIpc) is 2.29. The molecule has 0 N–H and O–H groups in total. The zero-order valence-electron chi connectivity index (χ0n) is 9.51. The van der Waals surface area contributed by atoms with E-state index in [2.05, 4.69) is 38.5 Å². The van der Waals surface area contributed by atoms with E-state index in [1.165, 1.54) is 0 Å². The molecule has 102 valence electrons. The molecule has 0 heterocycles. The van der Waals surface area contributed by atoms with E-state index in [-0.39, 0.29) is 19.1 Å². The number of alkyl halides is 4. The van der Waals surface area contributed by atoms with Crippen molar-refractivity contribution in [3.05, 3.63) is 34.3 Å². The quantitative estimate of drug-likeness (QED) is 0.334. The molecule has 0 aliphatic rings. The van der Waals surface area contributed by atoms with Crippen molar-refractivity contribution < 1.29 is 17.9 Å². The van der Waals surface area contributed by atoms with Crippen molar-refractivity contribution in [3.63, 3.8) is 0 Å². The van der Waals surface area contributed by atoms with Crippen molar-refractivity contribution in [2.45, 2.75) is 25.1 Å². The summed E-state index contributed by atoms with van der Waals surface area (Å²) in [6, 6.07) is 7.59. The van der Waals surface area contributed by atoms with Crippen LogP contribution >= 0.6 is 38.5 Å². The molecule has 0 saturated heterocycles. The van der Waals surface area contributed by atoms with Crippen molar-refractivity contribution in [1.29, 1.82) is 0 Å². The van der Waals surface area contributed by atoms with Crippen molar-refractivity contribution in [2.24, 2.45) is 0 Å². The smallest absolute Gasteiger partial charge is 0.373 e. The Kier molecular flexibility index (Phi) is 6.94. The topological polar surface area (TPSA) is 9.23 Å². The van der Waals surface area contributed by atoms with Crippen LogP contribution in [0.1, 0.15) is 24.5 Å². The average molecular weight is 437 g/mol. The van der Waals surface area contributed by atoms with Crippen LogP contribution in [0.4, 0.5) is 13.2 Å². The van der Waals surface area contributed by atoms with Gasteiger partial charge in [0.1, 0.15) is 0 Å². The maximum absolute atomic E-state index is 12.0. The summed E-state index contributed by atoms with van der Waals surface area (Å²) in [4.78, 5) is 0. The summed E-state index contributed by atoms with van der Waals surface area (Å²) in [5.74, 6) is 0. The molecule has 1 atom stereocenters. The minimum Gasteiger partial charge on any atom is -0.373 e. The lowest BCUT2D eigenvalue weighted by atomic mass is 10.1. The van der Waals surface area contributed by atoms with Crippen LogP contribution in [0.25, 0.3) is 0 Å². The van der Waals surface area contributed by atoms with E-state index >= 15 is 0 Å². The summed E-state index contributed by atoms with van der Waals surface area (Å²) < 4.78 is 43.1. The first-order chi connectivity index (χ1) is 8.44. The summed E-state index contributed by atoms with van der Waals surface area (Å²) in [5, 5.41) is 0. The van der Waals surface area contributed by atoms with Crippen LogP contribution < -0.4 is 0 Å². The lowest BCUT2D eigenvalue weighted by molar-refractivity contribution is -0.138. The summed E-state index contributed by atoms with van der Waals surface area (Å²) in [6.45, 7) is 0.120. The molecule has 0 aromatic heterocycles. The van der Waals surface area contributed by atoms with Gasteiger partial charge in [-0.2, -0.15) is 13.2 Å². The predicted octanol–water partition coefficient (Wildman–Crippen LogP) is 5.28. The molecule has 0 radical (unpaired) electrons. The van der Waals surface area contributed by atoms with Crippen molar-refractivity contribution in [1.82, 2.24) is 0 Å². The zero-order chi connectivity index (χ0) is 13.6. The predicted molar refractivity (Wildman–Crippen MR) is 77.0 cm³/mol. The Hall–Kier alpha value is 0.180. The summed E-state index contributed by atoms with van der Waals surface area (Å²) in [7, 11) is 0. The fourth-order valence-corrected chi connectivity index (χ4v) is 2.72. The summed E-state index contributed by atoms with van der Waals surface area (Å²) in [6.07, 6.45) is -5.07. The molecule has 1 aromatic rings. The molecule has 18 heavy (non-hydrogen) atoms. The highest BCUT2D eigenvalue weighted by Gasteiger charge is 2.26. The van der Waals surface area contributed by atoms with Gasteiger partial charge in [0.25, 0.3) is 0 Å². The molecule has 1 rings (SSSR count). The number of hydrogen-bond donors (Lipinski definition) is 0. The fraction of sp³-hybridized carbons (Fsp3) is 0.500. The van der Waals surface area contributed by atoms with Crippen LogP contribution in [0.15, 0.2) is 28.7 Å². The highest BCUT2D eigenvalue weighted by atomic mass is 127. The van der Waals surface area contributed by atoms with E-state index in [0.717, 1.165) is 10.0 Å². The normalized spacial score (nSPS) is 13.6. The van der Waals surface area contributed by atoms with Gasteiger partial charge in [-0.25, -0.2) is 0 Å². The Balaban J connectivity index is 2.46. The Morgan fingerprint density at radius 2 is 1.94 bits per heavy atom. The van der Waals surface area contributed by atoms with Gasteiger partial charge in [0.2, 0.25) is 0 Å². The molecular formula is C12H13BrF3IO. The van der Waals surface area contributed by atoms with E-state index in [9.17, 15) is 13.2 Å². The van der Waals surface area contributed by atoms with Crippen LogP contribution in [0, 0.1) is 0 Å². The molecule has 1 nitrogen and oxygen atoms in total. The highest BCUT2D eigenvalue weighted by molar-refractivity contribution is 14.1. The Bertz CT molecular complexity index is 371. The molecule has 0 fully saturated rings. The molecule has 0 saturated carbocycles. The Labute approximate surface area is 126 Å². The van der Waals surface area contributed by atoms with Crippen molar-refractivity contribution in [3.8, 4) is 0 Å². The monoisotopic (exact) mass is 436 g/mol. The van der Waals surface area contributed by atoms with E-state index in [1.54, 1.807) is 0 Å². The van der Waals surface area contributed by atoms with Crippen LogP contribution in [0.2, 0.25) is 0 Å². The van der Waals surface area contributed by atoms with Gasteiger partial charge in [-0.3, -0.25) is 0 Å². The van der Waals surface area contributed by atoms with E-state index < -0.39 is 12.6 Å². The standard InChI is InChI=1S/C12H13BrF3IO/c13-10-5-2-1-4-9(10)11(8-17)18-7-3-6-12(14,15)16/h1-2,4-5,11H,3,6-8H2. The number of rotatable bonds is 6. The lowest BCUT2D eigenvalue weighted by Crippen LogP contribution is -2.12. The molecule has 1 aromatic carbocycles. The van der Waals surface area contributed by atoms with E-state index in [4.69, 9.17) is 4.74 Å². The Morgan fingerprint density at radius 3 is 2.50 bits per heavy atom. The maximum atomic E-state index is 12.0. The van der Waals surface area contributed by atoms with Gasteiger partial charge in [0.15, 0.2) is 0 Å². The summed E-state index contributed by atoms with van der Waals surface area (Å²) in [5.41, 5.74) is 0.971. The molecule has 1 unspecified atom stereocenters. The maximum Gasteiger partial charge on any atom is 0.389 e. The number of halogens is 5. The van der Waals surface area contributed by atoms with Crippen LogP contribution in [-0.2, 0) is 4.74 Å². The second kappa shape index (κ2) is 7.69. The third-order valence-corrected chi connectivity index (χ3v) is 3.84. The molecule has 6 heteroatoms. The van der Waals surface area contributed by atoms with E-state index in [0.29, 0.717) is 4.43 Å². The van der Waals surface area contributed by atoms with Gasteiger partial charge in [-0.15, -0.1) is 0 Å². The van der Waals surface area contributed by atoms with Gasteiger partial charge < -0.3 is 4.74 Å². The second-order valence-electron chi connectivity index (χ2n) is 3.75. The SMILES string of the molecule is FC(F)(F)CCCOC(CI)c1ccccc1Br. The van der Waals surface area contributed by atoms with Gasteiger partial charge in [-0.1, -0.05) is 56.7 Å². The minimum atomic E-state index is -4.10.